The van der Waals surface area contributed by atoms with Gasteiger partial charge in [0.2, 0.25) is 0 Å². The van der Waals surface area contributed by atoms with Gasteiger partial charge in [0.15, 0.2) is 0 Å². The van der Waals surface area contributed by atoms with Crippen molar-refractivity contribution in [2.24, 2.45) is 16.5 Å². The molecule has 0 saturated carbocycles. The monoisotopic (exact) mass is 721 g/mol. The second kappa shape index (κ2) is 14.6. The van der Waals surface area contributed by atoms with Crippen LogP contribution in [0.1, 0.15) is 0 Å². The number of hydrogen-bond acceptors (Lipinski definition) is 6. The van der Waals surface area contributed by atoms with E-state index >= 15 is 0 Å². The van der Waals surface area contributed by atoms with Crippen LogP contribution in [-0.2, 0) is 7.05 Å². The van der Waals surface area contributed by atoms with E-state index in [2.05, 4.69) is 72.3 Å². The van der Waals surface area contributed by atoms with E-state index in [-0.39, 0.29) is 11.4 Å². The van der Waals surface area contributed by atoms with Crippen LogP contribution >= 0.6 is 14.1 Å². The predicted molar refractivity (Wildman–Crippen MR) is 213 cm³/mol. The summed E-state index contributed by atoms with van der Waals surface area (Å²) in [6, 6.07) is 57.9. The number of benzene rings is 6. The number of nitro groups is 2. The van der Waals surface area contributed by atoms with Gasteiger partial charge in [-0.2, -0.15) is 0 Å². The molecule has 1 aromatic heterocycles. The minimum absolute atomic E-state index is 0.00313. The molecule has 0 unspecified atom stereocenters. The molecule has 6 aromatic carbocycles. The normalized spacial score (nSPS) is 11.5. The van der Waals surface area contributed by atoms with Crippen molar-refractivity contribution in [3.63, 3.8) is 0 Å². The van der Waals surface area contributed by atoms with Crippen molar-refractivity contribution in [2.75, 3.05) is 0 Å². The highest BCUT2D eigenvalue weighted by Crippen LogP contribution is 2.53. The van der Waals surface area contributed by atoms with Crippen LogP contribution in [0.5, 0.6) is 0 Å². The Morgan fingerprint density at radius 3 is 0.942 bits per heavy atom. The molecule has 7 rings (SSSR count). The van der Waals surface area contributed by atoms with Crippen molar-refractivity contribution >= 4 is 68.9 Å². The topological polar surface area (TPSA) is 116 Å². The Morgan fingerprint density at radius 2 is 0.692 bits per heavy atom. The second-order valence-corrected chi connectivity index (χ2v) is 17.9. The maximum atomic E-state index is 11.6. The zero-order valence-electron chi connectivity index (χ0n) is 28.1. The van der Waals surface area contributed by atoms with Gasteiger partial charge in [-0.05, 0) is 36.4 Å². The molecule has 0 spiro atoms. The minimum atomic E-state index is -2.86. The van der Waals surface area contributed by atoms with Crippen molar-refractivity contribution in [3.8, 4) is 0 Å². The van der Waals surface area contributed by atoms with Gasteiger partial charge in [-0.15, -0.1) is 0 Å². The molecule has 0 aliphatic heterocycles. The number of aromatic nitrogens is 1. The van der Waals surface area contributed by atoms with Crippen molar-refractivity contribution < 1.29 is 9.85 Å². The Bertz CT molecular complexity index is 2210. The summed E-state index contributed by atoms with van der Waals surface area (Å²) in [5.41, 5.74) is 3.17. The molecule has 0 aliphatic rings. The number of hydrogen-bond donors (Lipinski definition) is 0. The van der Waals surface area contributed by atoms with Gasteiger partial charge in [0, 0.05) is 52.5 Å². The Balaban J connectivity index is 1.60. The Morgan fingerprint density at radius 1 is 0.423 bits per heavy atom. The van der Waals surface area contributed by atoms with E-state index in [1.54, 1.807) is 24.3 Å². The fourth-order valence-corrected chi connectivity index (χ4v) is 13.9. The Hall–Kier alpha value is -6.14. The highest BCUT2D eigenvalue weighted by molar-refractivity contribution is 7.88. The first kappa shape index (κ1) is 34.3. The summed E-state index contributed by atoms with van der Waals surface area (Å²) in [7, 11) is -3.67. The lowest BCUT2D eigenvalue weighted by Gasteiger charge is -2.30. The van der Waals surface area contributed by atoms with Crippen LogP contribution in [-0.4, -0.2) is 14.4 Å². The molecule has 1 heterocycles. The van der Waals surface area contributed by atoms with Crippen LogP contribution in [0, 0.1) is 20.2 Å². The Kier molecular flexibility index (Phi) is 9.64. The van der Waals surface area contributed by atoms with E-state index < -0.39 is 24.0 Å². The number of rotatable bonds is 10. The van der Waals surface area contributed by atoms with Gasteiger partial charge in [0.05, 0.1) is 46.2 Å². The fourth-order valence-electron chi connectivity index (χ4n) is 6.50. The van der Waals surface area contributed by atoms with E-state index in [0.29, 0.717) is 11.4 Å². The van der Waals surface area contributed by atoms with E-state index in [4.69, 9.17) is 9.49 Å². The molecule has 0 bridgehead atoms. The molecule has 0 amide bonds. The van der Waals surface area contributed by atoms with Crippen LogP contribution in [0.4, 0.5) is 22.7 Å². The van der Waals surface area contributed by atoms with E-state index in [0.717, 1.165) is 32.1 Å². The maximum Gasteiger partial charge on any atom is 0.269 e. The standard InChI is InChI=1S/C41H33N5O4P2/c1-44-40(51(36-14-6-2-7-15-36,37-16-8-3-9-17-37)42-32-22-26-34(27-23-32)45(47)48)30-31-41(44)52(38-18-10-4-11-19-38,39-20-12-5-13-21-39)43-33-24-28-35(29-25-33)46(49)50/h2-31H,1H3. The summed E-state index contributed by atoms with van der Waals surface area (Å²) in [6.07, 6.45) is 0. The molecule has 7 aromatic rings. The third kappa shape index (κ3) is 6.33. The van der Waals surface area contributed by atoms with E-state index in [9.17, 15) is 20.2 Å². The van der Waals surface area contributed by atoms with Crippen LogP contribution in [0.25, 0.3) is 0 Å². The van der Waals surface area contributed by atoms with Gasteiger partial charge in [-0.1, -0.05) is 121 Å². The zero-order chi connectivity index (χ0) is 36.1. The zero-order valence-corrected chi connectivity index (χ0v) is 29.9. The van der Waals surface area contributed by atoms with Crippen LogP contribution < -0.4 is 32.1 Å². The maximum absolute atomic E-state index is 11.6. The Labute approximate surface area is 301 Å². The molecule has 0 aliphatic carbocycles. The molecule has 9 nitrogen and oxygen atoms in total. The fraction of sp³-hybridized carbons (Fsp3) is 0.0244. The van der Waals surface area contributed by atoms with E-state index in [1.807, 2.05) is 72.8 Å². The van der Waals surface area contributed by atoms with E-state index in [1.165, 1.54) is 24.3 Å². The first-order valence-corrected chi connectivity index (χ1v) is 19.9. The summed E-state index contributed by atoms with van der Waals surface area (Å²) < 4.78 is 13.4. The third-order valence-corrected chi connectivity index (χ3v) is 16.4. The lowest BCUT2D eigenvalue weighted by atomic mass is 10.3. The van der Waals surface area contributed by atoms with Gasteiger partial charge >= 0.3 is 0 Å². The highest BCUT2D eigenvalue weighted by Gasteiger charge is 2.36. The van der Waals surface area contributed by atoms with Gasteiger partial charge in [0.1, 0.15) is 0 Å². The average molecular weight is 722 g/mol. The summed E-state index contributed by atoms with van der Waals surface area (Å²) in [6.45, 7) is 0. The summed E-state index contributed by atoms with van der Waals surface area (Å²) in [4.78, 5) is 22.3. The van der Waals surface area contributed by atoms with Crippen molar-refractivity contribution in [2.45, 2.75) is 0 Å². The lowest BCUT2D eigenvalue weighted by molar-refractivity contribution is -0.385. The molecule has 0 N–H and O–H groups in total. The average Bonchev–Trinajstić information content (AvgIpc) is 3.59. The van der Waals surface area contributed by atoms with Gasteiger partial charge in [0.25, 0.3) is 11.4 Å². The SMILES string of the molecule is Cn1c(P(=Nc2ccc([N+](=O)[O-])cc2)(c2ccccc2)c2ccccc2)ccc1P(=Nc1ccc([N+](=O)[O-])cc1)(c1ccccc1)c1ccccc1. The van der Waals surface area contributed by atoms with Gasteiger partial charge < -0.3 is 4.57 Å². The van der Waals surface area contributed by atoms with Gasteiger partial charge in [-0.3, -0.25) is 29.7 Å². The van der Waals surface area contributed by atoms with Crippen LogP contribution in [0.3, 0.4) is 0 Å². The molecule has 0 fully saturated rings. The van der Waals surface area contributed by atoms with Crippen LogP contribution in [0.15, 0.2) is 191 Å². The van der Waals surface area contributed by atoms with Crippen LogP contribution in [0.2, 0.25) is 0 Å². The molecular weight excluding hydrogens is 688 g/mol. The number of nitrogens with zero attached hydrogens (tertiary/aromatic N) is 5. The first-order chi connectivity index (χ1) is 25.3. The summed E-state index contributed by atoms with van der Waals surface area (Å²) in [5, 5.41) is 27.2. The van der Waals surface area contributed by atoms with Crippen molar-refractivity contribution in [1.29, 1.82) is 0 Å². The summed E-state index contributed by atoms with van der Waals surface area (Å²) in [5.74, 6) is 0. The second-order valence-electron chi connectivity index (χ2n) is 12.0. The first-order valence-electron chi connectivity index (χ1n) is 16.5. The van der Waals surface area contributed by atoms with Gasteiger partial charge in [-0.25, -0.2) is 0 Å². The largest absolute Gasteiger partial charge is 0.341 e. The smallest absolute Gasteiger partial charge is 0.269 e. The van der Waals surface area contributed by atoms with Crippen molar-refractivity contribution in [3.05, 3.63) is 202 Å². The lowest BCUT2D eigenvalue weighted by Crippen LogP contribution is -2.35. The molecule has 0 saturated heterocycles. The number of nitro benzene ring substituents is 2. The molecule has 0 radical (unpaired) electrons. The van der Waals surface area contributed by atoms with Crippen molar-refractivity contribution in [1.82, 2.24) is 4.57 Å². The molecular formula is C41H33N5O4P2. The molecule has 52 heavy (non-hydrogen) atoms. The molecule has 0 atom stereocenters. The highest BCUT2D eigenvalue weighted by atomic mass is 31.2. The quantitative estimate of drug-likeness (QED) is 0.0801. The third-order valence-electron chi connectivity index (χ3n) is 8.90. The molecule has 256 valence electrons. The summed E-state index contributed by atoms with van der Waals surface area (Å²) >= 11 is 0. The molecule has 11 heteroatoms. The minimum Gasteiger partial charge on any atom is -0.341 e. The number of non-ortho nitro benzene ring substituents is 2. The predicted octanol–water partition coefficient (Wildman–Crippen LogP) is 8.46.